The zero-order chi connectivity index (χ0) is 22.2. The first kappa shape index (κ1) is 22.2. The monoisotopic (exact) mass is 436 g/mol. The Morgan fingerprint density at radius 2 is 2.13 bits per heavy atom. The maximum atomic E-state index is 14.2. The molecule has 1 aliphatic carbocycles. The Morgan fingerprint density at radius 3 is 2.77 bits per heavy atom. The number of rotatable bonds is 8. The average Bonchev–Trinajstić information content (AvgIpc) is 3.13. The number of nitrogens with one attached hydrogen (secondary N) is 2. The lowest BCUT2D eigenvalue weighted by atomic mass is 9.98. The quantitative estimate of drug-likeness (QED) is 0.370. The summed E-state index contributed by atoms with van der Waals surface area (Å²) in [6.45, 7) is 5.52. The van der Waals surface area contributed by atoms with Gasteiger partial charge in [0, 0.05) is 19.0 Å². The lowest BCUT2D eigenvalue weighted by Crippen LogP contribution is -2.33. The van der Waals surface area contributed by atoms with Gasteiger partial charge < -0.3 is 16.0 Å². The number of halogens is 1. The van der Waals surface area contributed by atoms with Crippen LogP contribution in [0.5, 0.6) is 0 Å². The highest BCUT2D eigenvalue weighted by Gasteiger charge is 2.25. The summed E-state index contributed by atoms with van der Waals surface area (Å²) in [4.78, 5) is 4.40. The topological polar surface area (TPSA) is 140 Å². The van der Waals surface area contributed by atoms with Crippen LogP contribution in [-0.2, 0) is 29.4 Å². The first-order valence-electron chi connectivity index (χ1n) is 9.94. The lowest BCUT2D eigenvalue weighted by molar-refractivity contribution is 0.343. The number of sulfonamides is 1. The molecule has 0 saturated heterocycles. The summed E-state index contributed by atoms with van der Waals surface area (Å²) in [6, 6.07) is 3.65. The van der Waals surface area contributed by atoms with Crippen molar-refractivity contribution in [1.29, 1.82) is 5.41 Å². The van der Waals surface area contributed by atoms with E-state index in [1.807, 2.05) is 19.1 Å². The number of anilines is 1. The fourth-order valence-electron chi connectivity index (χ4n) is 3.86. The number of alkyl halides is 1. The highest BCUT2D eigenvalue weighted by molar-refractivity contribution is 7.89. The zero-order valence-electron chi connectivity index (χ0n) is 17.5. The molecular weight excluding hydrogens is 407 g/mol. The Morgan fingerprint density at radius 1 is 1.43 bits per heavy atom. The Balaban J connectivity index is 1.94. The van der Waals surface area contributed by atoms with Gasteiger partial charge in [-0.05, 0) is 55.9 Å². The minimum Gasteiger partial charge on any atom is -0.383 e. The van der Waals surface area contributed by atoms with Crippen molar-refractivity contribution in [1.82, 2.24) is 14.3 Å². The molecule has 8 nitrogen and oxygen atoms in total. The van der Waals surface area contributed by atoms with Gasteiger partial charge >= 0.3 is 0 Å². The molecule has 3 rings (SSSR count). The average molecular weight is 437 g/mol. The molecule has 6 N–H and O–H groups in total. The molecule has 1 heterocycles. The second kappa shape index (κ2) is 8.35. The molecule has 0 aliphatic heterocycles. The molecule has 30 heavy (non-hydrogen) atoms. The number of amidine groups is 1. The van der Waals surface area contributed by atoms with Gasteiger partial charge in [-0.15, -0.1) is 0 Å². The van der Waals surface area contributed by atoms with Crippen molar-refractivity contribution in [2.45, 2.75) is 58.8 Å². The van der Waals surface area contributed by atoms with Crippen LogP contribution in [0.1, 0.15) is 60.2 Å². The number of aryl methyl sites for hydroxylation is 2. The van der Waals surface area contributed by atoms with Gasteiger partial charge in [0.25, 0.3) is 0 Å². The third-order valence-electron chi connectivity index (χ3n) is 5.29. The van der Waals surface area contributed by atoms with Crippen LogP contribution < -0.4 is 16.2 Å². The molecule has 0 amide bonds. The number of benzene rings is 1. The van der Waals surface area contributed by atoms with Crippen molar-refractivity contribution < 1.29 is 12.8 Å². The predicted molar refractivity (Wildman–Crippen MR) is 116 cm³/mol. The highest BCUT2D eigenvalue weighted by Crippen LogP contribution is 2.36. The first-order valence-corrected chi connectivity index (χ1v) is 11.6. The van der Waals surface area contributed by atoms with Crippen LogP contribution in [0.4, 0.5) is 10.2 Å². The van der Waals surface area contributed by atoms with Gasteiger partial charge in [0.2, 0.25) is 10.0 Å². The first-order chi connectivity index (χ1) is 14.0. The largest absolute Gasteiger partial charge is 0.383 e. The molecule has 0 saturated carbocycles. The molecule has 0 bridgehead atoms. The molecule has 0 spiro atoms. The number of hydrogen-bond donors (Lipinski definition) is 4. The van der Waals surface area contributed by atoms with Gasteiger partial charge in [0.05, 0.1) is 5.75 Å². The Kier molecular flexibility index (Phi) is 6.19. The van der Waals surface area contributed by atoms with Crippen LogP contribution in [-0.4, -0.2) is 35.6 Å². The van der Waals surface area contributed by atoms with E-state index in [2.05, 4.69) is 9.71 Å². The summed E-state index contributed by atoms with van der Waals surface area (Å²) < 4.78 is 42.9. The van der Waals surface area contributed by atoms with Gasteiger partial charge in [-0.2, -0.15) is 0 Å². The van der Waals surface area contributed by atoms with E-state index in [1.54, 1.807) is 18.4 Å². The molecule has 1 aromatic heterocycles. The van der Waals surface area contributed by atoms with E-state index in [4.69, 9.17) is 16.9 Å². The van der Waals surface area contributed by atoms with Crippen molar-refractivity contribution in [3.8, 4) is 0 Å². The SMILES string of the molecule is Cc1cc2c(cc1Cc1nc(C(=N)N)c(N)n1CCS(=O)(=O)NC(C)C)C(F)CC2. The molecule has 10 heteroatoms. The summed E-state index contributed by atoms with van der Waals surface area (Å²) in [6.07, 6.45) is 0.592. The Bertz CT molecular complexity index is 1080. The molecule has 164 valence electrons. The van der Waals surface area contributed by atoms with Crippen LogP contribution in [0.15, 0.2) is 12.1 Å². The van der Waals surface area contributed by atoms with Crippen LogP contribution >= 0.6 is 0 Å². The summed E-state index contributed by atoms with van der Waals surface area (Å²) >= 11 is 0. The van der Waals surface area contributed by atoms with Crippen LogP contribution in [0.25, 0.3) is 0 Å². The van der Waals surface area contributed by atoms with Gasteiger partial charge in [0.15, 0.2) is 0 Å². The molecule has 0 radical (unpaired) electrons. The molecule has 0 fully saturated rings. The van der Waals surface area contributed by atoms with Crippen LogP contribution in [0, 0.1) is 12.3 Å². The summed E-state index contributed by atoms with van der Waals surface area (Å²) in [5.41, 5.74) is 15.5. The molecule has 2 aromatic rings. The third-order valence-corrected chi connectivity index (χ3v) is 6.84. The van der Waals surface area contributed by atoms with E-state index in [-0.39, 0.29) is 35.7 Å². The third kappa shape index (κ3) is 4.65. The van der Waals surface area contributed by atoms with E-state index < -0.39 is 16.2 Å². The standard InChI is InChI=1S/C20H29FN6O2S/c1-11(2)26-30(28,29)7-6-27-17(25-18(19(22)23)20(27)24)10-14-9-15-13(8-12(14)3)4-5-16(15)21/h8-9,11,16,26H,4-7,10,24H2,1-3H3,(H3,22,23). The number of hydrogen-bond acceptors (Lipinski definition) is 5. The number of fused-ring (bicyclic) bond motifs is 1. The molecule has 1 atom stereocenters. The number of aromatic nitrogens is 2. The van der Waals surface area contributed by atoms with Crippen LogP contribution in [0.3, 0.4) is 0 Å². The number of nitrogen functional groups attached to an aromatic ring is 2. The van der Waals surface area contributed by atoms with E-state index in [0.717, 1.165) is 23.1 Å². The van der Waals surface area contributed by atoms with Crippen LogP contribution in [0.2, 0.25) is 0 Å². The van der Waals surface area contributed by atoms with E-state index in [9.17, 15) is 12.8 Å². The van der Waals surface area contributed by atoms with Crippen molar-refractivity contribution >= 4 is 21.7 Å². The van der Waals surface area contributed by atoms with E-state index in [0.29, 0.717) is 24.2 Å². The van der Waals surface area contributed by atoms with Gasteiger partial charge in [0.1, 0.15) is 29.3 Å². The van der Waals surface area contributed by atoms with Crippen molar-refractivity contribution in [2.75, 3.05) is 11.5 Å². The fourth-order valence-corrected chi connectivity index (χ4v) is 5.12. The van der Waals surface area contributed by atoms with E-state index >= 15 is 0 Å². The van der Waals surface area contributed by atoms with Gasteiger partial charge in [-0.3, -0.25) is 5.41 Å². The molecular formula is C20H29FN6O2S. The Labute approximate surface area is 176 Å². The summed E-state index contributed by atoms with van der Waals surface area (Å²) in [7, 11) is -3.51. The summed E-state index contributed by atoms with van der Waals surface area (Å²) in [5.74, 6) is 0.171. The predicted octanol–water partition coefficient (Wildman–Crippen LogP) is 1.93. The zero-order valence-corrected chi connectivity index (χ0v) is 18.3. The van der Waals surface area contributed by atoms with Crippen molar-refractivity contribution in [3.63, 3.8) is 0 Å². The van der Waals surface area contributed by atoms with Crippen molar-refractivity contribution in [3.05, 3.63) is 45.9 Å². The molecule has 1 aromatic carbocycles. The number of nitrogens with two attached hydrogens (primary N) is 2. The van der Waals surface area contributed by atoms with E-state index in [1.165, 1.54) is 0 Å². The maximum Gasteiger partial charge on any atom is 0.213 e. The minimum atomic E-state index is -3.51. The minimum absolute atomic E-state index is 0.0687. The maximum absolute atomic E-state index is 14.2. The Hall–Kier alpha value is -2.46. The number of imidazole rings is 1. The fraction of sp³-hybridized carbons (Fsp3) is 0.500. The highest BCUT2D eigenvalue weighted by atomic mass is 32.2. The lowest BCUT2D eigenvalue weighted by Gasteiger charge is -2.14. The molecule has 1 unspecified atom stereocenters. The smallest absolute Gasteiger partial charge is 0.213 e. The second-order valence-corrected chi connectivity index (χ2v) is 9.95. The van der Waals surface area contributed by atoms with Gasteiger partial charge in [-0.25, -0.2) is 22.5 Å². The van der Waals surface area contributed by atoms with Crippen molar-refractivity contribution in [2.24, 2.45) is 5.73 Å². The summed E-state index contributed by atoms with van der Waals surface area (Å²) in [5, 5.41) is 7.72. The number of nitrogens with zero attached hydrogens (tertiary/aromatic N) is 2. The van der Waals surface area contributed by atoms with Gasteiger partial charge in [-0.1, -0.05) is 12.1 Å². The molecule has 1 aliphatic rings. The second-order valence-electron chi connectivity index (χ2n) is 8.08. The normalized spacial score (nSPS) is 16.2.